The lowest BCUT2D eigenvalue weighted by atomic mass is 9.87. The van der Waals surface area contributed by atoms with Gasteiger partial charge in [0.1, 0.15) is 0 Å². The fraction of sp³-hybridized carbons (Fsp3) is 0.682. The maximum absolute atomic E-state index is 12.6. The Morgan fingerprint density at radius 1 is 1.17 bits per heavy atom. The van der Waals surface area contributed by atoms with Crippen LogP contribution in [0.25, 0.3) is 0 Å². The van der Waals surface area contributed by atoms with Crippen LogP contribution in [-0.4, -0.2) is 12.1 Å². The second-order valence-corrected chi connectivity index (χ2v) is 8.36. The molecular weight excluding hydrogens is 296 g/mol. The number of hydrogen-bond acceptors (Lipinski definition) is 2. The average molecular weight is 328 g/mol. The summed E-state index contributed by atoms with van der Waals surface area (Å²) in [6.07, 6.45) is 15.9. The van der Waals surface area contributed by atoms with Gasteiger partial charge in [-0.25, -0.2) is 0 Å². The first-order valence-corrected chi connectivity index (χ1v) is 9.27. The molecule has 2 nitrogen and oxygen atoms in total. The lowest BCUT2D eigenvalue weighted by molar-refractivity contribution is -0.147. The Morgan fingerprint density at radius 2 is 1.79 bits per heavy atom. The zero-order valence-electron chi connectivity index (χ0n) is 15.9. The Morgan fingerprint density at radius 3 is 2.33 bits per heavy atom. The molecule has 0 spiro atoms. The minimum absolute atomic E-state index is 0.0332. The molecule has 2 fully saturated rings. The number of esters is 1. The van der Waals surface area contributed by atoms with Gasteiger partial charge >= 0.3 is 5.97 Å². The van der Waals surface area contributed by atoms with Crippen LogP contribution >= 0.6 is 0 Å². The quantitative estimate of drug-likeness (QED) is 0.389. The van der Waals surface area contributed by atoms with E-state index >= 15 is 0 Å². The van der Waals surface area contributed by atoms with Crippen LogP contribution in [0, 0.1) is 35.5 Å². The summed E-state index contributed by atoms with van der Waals surface area (Å²) in [7, 11) is 0. The SMILES string of the molecule is C#CC(OC(=O)C1C(C=C(C)C)C1(C)C)C(C)=CC1CCCCC1. The fourth-order valence-electron chi connectivity index (χ4n) is 4.01. The second-order valence-electron chi connectivity index (χ2n) is 8.36. The monoisotopic (exact) mass is 328 g/mol. The molecule has 3 unspecified atom stereocenters. The first-order valence-electron chi connectivity index (χ1n) is 9.27. The summed E-state index contributed by atoms with van der Waals surface area (Å²) in [5.41, 5.74) is 2.22. The third-order valence-corrected chi connectivity index (χ3v) is 5.62. The van der Waals surface area contributed by atoms with E-state index in [0.717, 1.165) is 5.57 Å². The summed E-state index contributed by atoms with van der Waals surface area (Å²) in [4.78, 5) is 12.6. The minimum Gasteiger partial charge on any atom is -0.444 e. The van der Waals surface area contributed by atoms with Crippen molar-refractivity contribution in [1.29, 1.82) is 0 Å². The van der Waals surface area contributed by atoms with Gasteiger partial charge < -0.3 is 4.74 Å². The maximum Gasteiger partial charge on any atom is 0.311 e. The molecular formula is C22H32O2. The zero-order chi connectivity index (χ0) is 17.9. The van der Waals surface area contributed by atoms with Crippen molar-refractivity contribution in [1.82, 2.24) is 0 Å². The van der Waals surface area contributed by atoms with Crippen molar-refractivity contribution in [3.63, 3.8) is 0 Å². The number of ether oxygens (including phenoxy) is 1. The highest BCUT2D eigenvalue weighted by atomic mass is 16.5. The van der Waals surface area contributed by atoms with Crippen LogP contribution in [0.4, 0.5) is 0 Å². The Labute approximate surface area is 147 Å². The molecule has 0 saturated heterocycles. The first-order chi connectivity index (χ1) is 11.3. The van der Waals surface area contributed by atoms with Crippen LogP contribution in [0.5, 0.6) is 0 Å². The molecule has 2 rings (SSSR count). The Bertz CT molecular complexity index is 563. The van der Waals surface area contributed by atoms with Crippen molar-refractivity contribution in [2.45, 2.75) is 72.8 Å². The standard InChI is InChI=1S/C22H32O2/c1-7-19(16(4)14-17-11-9-8-10-12-17)24-21(23)20-18(13-15(2)3)22(20,5)6/h1,13-14,17-20H,8-12H2,2-6H3. The number of terminal acetylenes is 1. The van der Waals surface area contributed by atoms with Gasteiger partial charge in [0.15, 0.2) is 6.10 Å². The summed E-state index contributed by atoms with van der Waals surface area (Å²) < 4.78 is 5.70. The van der Waals surface area contributed by atoms with E-state index < -0.39 is 6.10 Å². The minimum atomic E-state index is -0.525. The van der Waals surface area contributed by atoms with Crippen LogP contribution in [0.2, 0.25) is 0 Å². The van der Waals surface area contributed by atoms with Crippen LogP contribution in [-0.2, 0) is 9.53 Å². The predicted molar refractivity (Wildman–Crippen MR) is 99.2 cm³/mol. The topological polar surface area (TPSA) is 26.3 Å². The van der Waals surface area contributed by atoms with Gasteiger partial charge in [-0.15, -0.1) is 6.42 Å². The van der Waals surface area contributed by atoms with Crippen molar-refractivity contribution in [3.05, 3.63) is 23.3 Å². The summed E-state index contributed by atoms with van der Waals surface area (Å²) in [6.45, 7) is 10.4. The molecule has 3 atom stereocenters. The second kappa shape index (κ2) is 7.60. The molecule has 0 N–H and O–H groups in total. The number of hydrogen-bond donors (Lipinski definition) is 0. The summed E-state index contributed by atoms with van der Waals surface area (Å²) in [5.74, 6) is 3.28. The normalized spacial score (nSPS) is 27.8. The molecule has 2 heteroatoms. The summed E-state index contributed by atoms with van der Waals surface area (Å²) in [6, 6.07) is 0. The molecule has 0 aromatic carbocycles. The van der Waals surface area contributed by atoms with Gasteiger partial charge in [-0.1, -0.05) is 56.8 Å². The molecule has 0 bridgehead atoms. The number of carbonyl (C=O) groups excluding carboxylic acids is 1. The number of allylic oxidation sites excluding steroid dienone is 3. The highest BCUT2D eigenvalue weighted by Crippen LogP contribution is 2.60. The van der Waals surface area contributed by atoms with E-state index in [1.165, 1.54) is 37.7 Å². The van der Waals surface area contributed by atoms with E-state index in [4.69, 9.17) is 11.2 Å². The lowest BCUT2D eigenvalue weighted by Crippen LogP contribution is -2.21. The van der Waals surface area contributed by atoms with Gasteiger partial charge in [0.25, 0.3) is 0 Å². The van der Waals surface area contributed by atoms with E-state index in [1.807, 2.05) is 6.92 Å². The molecule has 132 valence electrons. The van der Waals surface area contributed by atoms with Crippen molar-refractivity contribution in [2.75, 3.05) is 0 Å². The smallest absolute Gasteiger partial charge is 0.311 e. The van der Waals surface area contributed by atoms with Gasteiger partial charge in [-0.3, -0.25) is 4.79 Å². The molecule has 2 aliphatic carbocycles. The Hall–Kier alpha value is -1.49. The maximum atomic E-state index is 12.6. The van der Waals surface area contributed by atoms with Crippen LogP contribution in [0.15, 0.2) is 23.3 Å². The Kier molecular flexibility index (Phi) is 5.97. The first kappa shape index (κ1) is 18.8. The van der Waals surface area contributed by atoms with Gasteiger partial charge in [0.2, 0.25) is 0 Å². The van der Waals surface area contributed by atoms with Crippen molar-refractivity contribution < 1.29 is 9.53 Å². The average Bonchev–Trinajstić information content (AvgIpc) is 3.05. The molecule has 0 aliphatic heterocycles. The third-order valence-electron chi connectivity index (χ3n) is 5.62. The fourth-order valence-corrected chi connectivity index (χ4v) is 4.01. The van der Waals surface area contributed by atoms with Crippen LogP contribution in [0.1, 0.15) is 66.7 Å². The van der Waals surface area contributed by atoms with Crippen molar-refractivity contribution >= 4 is 5.97 Å². The number of rotatable bonds is 5. The Balaban J connectivity index is 2.00. The highest BCUT2D eigenvalue weighted by molar-refractivity contribution is 5.79. The van der Waals surface area contributed by atoms with E-state index in [2.05, 4.69) is 45.8 Å². The highest BCUT2D eigenvalue weighted by Gasteiger charge is 2.61. The van der Waals surface area contributed by atoms with Crippen LogP contribution < -0.4 is 0 Å². The van der Waals surface area contributed by atoms with Crippen LogP contribution in [0.3, 0.4) is 0 Å². The van der Waals surface area contributed by atoms with Crippen molar-refractivity contribution in [3.8, 4) is 12.3 Å². The molecule has 0 aromatic rings. The van der Waals surface area contributed by atoms with E-state index in [1.54, 1.807) is 0 Å². The number of carbonyl (C=O) groups is 1. The molecule has 2 aliphatic rings. The van der Waals surface area contributed by atoms with E-state index in [9.17, 15) is 4.79 Å². The van der Waals surface area contributed by atoms with E-state index in [0.29, 0.717) is 5.92 Å². The van der Waals surface area contributed by atoms with Gasteiger partial charge in [-0.05, 0) is 56.4 Å². The van der Waals surface area contributed by atoms with Crippen molar-refractivity contribution in [2.24, 2.45) is 23.2 Å². The zero-order valence-corrected chi connectivity index (χ0v) is 15.9. The molecule has 2 saturated carbocycles. The lowest BCUT2D eigenvalue weighted by Gasteiger charge is -2.21. The molecule has 24 heavy (non-hydrogen) atoms. The van der Waals surface area contributed by atoms with Gasteiger partial charge in [-0.2, -0.15) is 0 Å². The third kappa shape index (κ3) is 4.32. The van der Waals surface area contributed by atoms with E-state index in [-0.39, 0.29) is 23.2 Å². The molecule has 0 radical (unpaired) electrons. The summed E-state index contributed by atoms with van der Waals surface area (Å²) in [5, 5.41) is 0. The predicted octanol–water partition coefficient (Wildman–Crippen LogP) is 5.30. The largest absolute Gasteiger partial charge is 0.444 e. The molecule has 0 aromatic heterocycles. The molecule has 0 amide bonds. The van der Waals surface area contributed by atoms with Gasteiger partial charge in [0.05, 0.1) is 5.92 Å². The summed E-state index contributed by atoms with van der Waals surface area (Å²) >= 11 is 0. The molecule has 0 heterocycles. The van der Waals surface area contributed by atoms with Gasteiger partial charge in [0, 0.05) is 0 Å².